The van der Waals surface area contributed by atoms with Crippen molar-refractivity contribution < 1.29 is 9.53 Å². The zero-order chi connectivity index (χ0) is 15.1. The molecule has 1 unspecified atom stereocenters. The molecular formula is C15H25N3O2. The number of carbonyl (C=O) groups excluding carboxylic acids is 1. The van der Waals surface area contributed by atoms with Gasteiger partial charge in [-0.25, -0.2) is 0 Å². The normalized spacial score (nSPS) is 12.3. The first-order valence-corrected chi connectivity index (χ1v) is 7.00. The SMILES string of the molecule is Cc1ccc(OCC(=O)NCC(C)C)c(CC(C)N)n1. The van der Waals surface area contributed by atoms with Gasteiger partial charge in [-0.1, -0.05) is 13.8 Å². The van der Waals surface area contributed by atoms with Gasteiger partial charge in [0.1, 0.15) is 5.75 Å². The van der Waals surface area contributed by atoms with Crippen LogP contribution in [-0.2, 0) is 11.2 Å². The van der Waals surface area contributed by atoms with Crippen molar-refractivity contribution in [3.05, 3.63) is 23.5 Å². The van der Waals surface area contributed by atoms with E-state index in [1.54, 1.807) is 0 Å². The first-order valence-electron chi connectivity index (χ1n) is 7.00. The standard InChI is InChI=1S/C15H25N3O2/c1-10(2)8-17-15(19)9-20-14-6-5-12(4)18-13(14)7-11(3)16/h5-6,10-11H,7-9,16H2,1-4H3,(H,17,19). The van der Waals surface area contributed by atoms with Crippen molar-refractivity contribution in [1.29, 1.82) is 0 Å². The van der Waals surface area contributed by atoms with E-state index in [0.29, 0.717) is 24.6 Å². The summed E-state index contributed by atoms with van der Waals surface area (Å²) in [6.07, 6.45) is 0.630. The van der Waals surface area contributed by atoms with Crippen molar-refractivity contribution in [1.82, 2.24) is 10.3 Å². The van der Waals surface area contributed by atoms with Gasteiger partial charge in [-0.3, -0.25) is 9.78 Å². The molecule has 112 valence electrons. The van der Waals surface area contributed by atoms with Crippen LogP contribution in [-0.4, -0.2) is 30.1 Å². The van der Waals surface area contributed by atoms with Crippen LogP contribution < -0.4 is 15.8 Å². The highest BCUT2D eigenvalue weighted by Crippen LogP contribution is 2.18. The van der Waals surface area contributed by atoms with Gasteiger partial charge in [0.25, 0.3) is 5.91 Å². The zero-order valence-corrected chi connectivity index (χ0v) is 12.8. The molecule has 0 radical (unpaired) electrons. The molecule has 1 aromatic rings. The molecule has 0 aromatic carbocycles. The third kappa shape index (κ3) is 6.02. The number of nitrogens with one attached hydrogen (secondary N) is 1. The summed E-state index contributed by atoms with van der Waals surface area (Å²) >= 11 is 0. The van der Waals surface area contributed by atoms with Crippen LogP contribution in [0.3, 0.4) is 0 Å². The highest BCUT2D eigenvalue weighted by molar-refractivity contribution is 5.77. The van der Waals surface area contributed by atoms with Gasteiger partial charge in [0.05, 0.1) is 5.69 Å². The average molecular weight is 279 g/mol. The minimum atomic E-state index is -0.119. The lowest BCUT2D eigenvalue weighted by atomic mass is 10.1. The van der Waals surface area contributed by atoms with Gasteiger partial charge in [-0.2, -0.15) is 0 Å². The van der Waals surface area contributed by atoms with Crippen LogP contribution >= 0.6 is 0 Å². The predicted molar refractivity (Wildman–Crippen MR) is 79.7 cm³/mol. The van der Waals surface area contributed by atoms with E-state index < -0.39 is 0 Å². The van der Waals surface area contributed by atoms with Crippen molar-refractivity contribution in [2.75, 3.05) is 13.2 Å². The summed E-state index contributed by atoms with van der Waals surface area (Å²) in [5.74, 6) is 0.937. The Labute approximate surface area is 120 Å². The first kappa shape index (κ1) is 16.4. The minimum Gasteiger partial charge on any atom is -0.482 e. The van der Waals surface area contributed by atoms with Crippen LogP contribution in [0.2, 0.25) is 0 Å². The Balaban J connectivity index is 2.60. The van der Waals surface area contributed by atoms with Gasteiger partial charge in [-0.15, -0.1) is 0 Å². The number of rotatable bonds is 7. The van der Waals surface area contributed by atoms with Crippen molar-refractivity contribution in [2.45, 2.75) is 40.2 Å². The number of hydrogen-bond acceptors (Lipinski definition) is 4. The van der Waals surface area contributed by atoms with E-state index in [9.17, 15) is 4.79 Å². The smallest absolute Gasteiger partial charge is 0.257 e. The summed E-state index contributed by atoms with van der Waals surface area (Å²) in [5, 5.41) is 2.81. The second kappa shape index (κ2) is 7.85. The van der Waals surface area contributed by atoms with Gasteiger partial charge < -0.3 is 15.8 Å². The van der Waals surface area contributed by atoms with E-state index in [0.717, 1.165) is 11.4 Å². The first-order chi connectivity index (χ1) is 9.38. The van der Waals surface area contributed by atoms with E-state index >= 15 is 0 Å². The predicted octanol–water partition coefficient (Wildman–Crippen LogP) is 1.43. The summed E-state index contributed by atoms with van der Waals surface area (Å²) in [6.45, 7) is 8.59. The fourth-order valence-corrected chi connectivity index (χ4v) is 1.69. The summed E-state index contributed by atoms with van der Waals surface area (Å²) in [6, 6.07) is 3.71. The van der Waals surface area contributed by atoms with Gasteiger partial charge in [0.15, 0.2) is 6.61 Å². The van der Waals surface area contributed by atoms with E-state index in [4.69, 9.17) is 10.5 Å². The second-order valence-electron chi connectivity index (χ2n) is 5.57. The quantitative estimate of drug-likeness (QED) is 0.791. The van der Waals surface area contributed by atoms with E-state index in [2.05, 4.69) is 10.3 Å². The lowest BCUT2D eigenvalue weighted by Crippen LogP contribution is -2.32. The molecule has 0 aliphatic heterocycles. The monoisotopic (exact) mass is 279 g/mol. The maximum absolute atomic E-state index is 11.6. The average Bonchev–Trinajstić information content (AvgIpc) is 2.34. The third-order valence-electron chi connectivity index (χ3n) is 2.65. The number of amides is 1. The molecule has 0 saturated carbocycles. The van der Waals surface area contributed by atoms with Crippen LogP contribution in [0.15, 0.2) is 12.1 Å². The highest BCUT2D eigenvalue weighted by Gasteiger charge is 2.10. The van der Waals surface area contributed by atoms with Crippen molar-refractivity contribution in [3.63, 3.8) is 0 Å². The minimum absolute atomic E-state index is 0.00131. The second-order valence-corrected chi connectivity index (χ2v) is 5.57. The summed E-state index contributed by atoms with van der Waals surface area (Å²) in [5.41, 5.74) is 7.52. The Morgan fingerprint density at radius 1 is 1.40 bits per heavy atom. The number of nitrogens with two attached hydrogens (primary N) is 1. The van der Waals surface area contributed by atoms with Crippen molar-refractivity contribution in [2.24, 2.45) is 11.7 Å². The lowest BCUT2D eigenvalue weighted by Gasteiger charge is -2.13. The van der Waals surface area contributed by atoms with E-state index in [-0.39, 0.29) is 18.6 Å². The molecule has 3 N–H and O–H groups in total. The van der Waals surface area contributed by atoms with Crippen molar-refractivity contribution >= 4 is 5.91 Å². The van der Waals surface area contributed by atoms with Crippen molar-refractivity contribution in [3.8, 4) is 5.75 Å². The fraction of sp³-hybridized carbons (Fsp3) is 0.600. The Morgan fingerprint density at radius 3 is 2.70 bits per heavy atom. The molecule has 1 heterocycles. The Bertz CT molecular complexity index is 445. The number of carbonyl (C=O) groups is 1. The van der Waals surface area contributed by atoms with Gasteiger partial charge in [0, 0.05) is 24.7 Å². The number of aromatic nitrogens is 1. The fourth-order valence-electron chi connectivity index (χ4n) is 1.69. The third-order valence-corrected chi connectivity index (χ3v) is 2.65. The summed E-state index contributed by atoms with van der Waals surface area (Å²) < 4.78 is 5.56. The number of nitrogens with zero attached hydrogens (tertiary/aromatic N) is 1. The van der Waals surface area contributed by atoms with Crippen LogP contribution in [0.1, 0.15) is 32.2 Å². The Morgan fingerprint density at radius 2 is 2.10 bits per heavy atom. The Hall–Kier alpha value is -1.62. The van der Waals surface area contributed by atoms with Gasteiger partial charge in [0.2, 0.25) is 0 Å². The molecule has 1 rings (SSSR count). The maximum atomic E-state index is 11.6. The molecule has 1 aromatic heterocycles. The number of ether oxygens (including phenoxy) is 1. The molecule has 0 aliphatic carbocycles. The van der Waals surface area contributed by atoms with E-state index in [1.165, 1.54) is 0 Å². The van der Waals surface area contributed by atoms with Gasteiger partial charge >= 0.3 is 0 Å². The Kier molecular flexibility index (Phi) is 6.45. The molecule has 0 aliphatic rings. The van der Waals surface area contributed by atoms with Crippen LogP contribution in [0.4, 0.5) is 0 Å². The number of aryl methyl sites for hydroxylation is 1. The van der Waals surface area contributed by atoms with Crippen LogP contribution in [0, 0.1) is 12.8 Å². The molecule has 0 spiro atoms. The topological polar surface area (TPSA) is 77.2 Å². The molecule has 5 heteroatoms. The molecule has 0 saturated heterocycles. The molecule has 0 bridgehead atoms. The number of pyridine rings is 1. The van der Waals surface area contributed by atoms with Gasteiger partial charge in [-0.05, 0) is 31.9 Å². The molecule has 1 atom stereocenters. The highest BCUT2D eigenvalue weighted by atomic mass is 16.5. The molecule has 1 amide bonds. The zero-order valence-electron chi connectivity index (χ0n) is 12.8. The van der Waals surface area contributed by atoms with E-state index in [1.807, 2.05) is 39.8 Å². The number of hydrogen-bond donors (Lipinski definition) is 2. The molecule has 0 fully saturated rings. The lowest BCUT2D eigenvalue weighted by molar-refractivity contribution is -0.123. The molecule has 20 heavy (non-hydrogen) atoms. The summed E-state index contributed by atoms with van der Waals surface area (Å²) in [7, 11) is 0. The molecule has 5 nitrogen and oxygen atoms in total. The molecular weight excluding hydrogens is 254 g/mol. The maximum Gasteiger partial charge on any atom is 0.257 e. The largest absolute Gasteiger partial charge is 0.482 e. The van der Waals surface area contributed by atoms with Crippen LogP contribution in [0.25, 0.3) is 0 Å². The summed E-state index contributed by atoms with van der Waals surface area (Å²) in [4.78, 5) is 16.1. The van der Waals surface area contributed by atoms with Crippen LogP contribution in [0.5, 0.6) is 5.75 Å².